The lowest BCUT2D eigenvalue weighted by atomic mass is 10.0. The Morgan fingerprint density at radius 2 is 1.37 bits per heavy atom. The maximum absolute atomic E-state index is 5.50. The Morgan fingerprint density at radius 3 is 1.84 bits per heavy atom. The van der Waals surface area contributed by atoms with E-state index in [1.165, 1.54) is 11.1 Å². The fourth-order valence-electron chi connectivity index (χ4n) is 1.73. The summed E-state index contributed by atoms with van der Waals surface area (Å²) in [4.78, 5) is 0. The van der Waals surface area contributed by atoms with Crippen molar-refractivity contribution in [3.8, 4) is 0 Å². The number of hydrogen-bond acceptors (Lipinski definition) is 2. The van der Waals surface area contributed by atoms with E-state index in [0.29, 0.717) is 5.92 Å². The lowest BCUT2D eigenvalue weighted by molar-refractivity contribution is 0.774. The third kappa shape index (κ3) is 6.18. The monoisotopic (exact) mass is 256 g/mol. The quantitative estimate of drug-likeness (QED) is 0.883. The van der Waals surface area contributed by atoms with Crippen molar-refractivity contribution in [1.82, 2.24) is 0 Å². The lowest BCUT2D eigenvalue weighted by Gasteiger charge is -2.06. The van der Waals surface area contributed by atoms with E-state index in [0.717, 1.165) is 19.5 Å². The predicted octanol–water partition coefficient (Wildman–Crippen LogP) is 2.94. The second-order valence-electron chi connectivity index (χ2n) is 4.57. The van der Waals surface area contributed by atoms with E-state index in [1.54, 1.807) is 0 Å². The zero-order valence-corrected chi connectivity index (χ0v) is 11.6. The highest BCUT2D eigenvalue weighted by molar-refractivity contribution is 5.18. The summed E-state index contributed by atoms with van der Waals surface area (Å²) in [6.07, 6.45) is 0.987. The zero-order chi connectivity index (χ0) is 13.9. The normalized spacial score (nSPS) is 11.3. The summed E-state index contributed by atoms with van der Waals surface area (Å²) in [5.41, 5.74) is 13.5. The topological polar surface area (TPSA) is 52.0 Å². The van der Waals surface area contributed by atoms with Crippen LogP contribution in [0.5, 0.6) is 0 Å². The summed E-state index contributed by atoms with van der Waals surface area (Å²) < 4.78 is 0. The van der Waals surface area contributed by atoms with Gasteiger partial charge in [0.1, 0.15) is 0 Å². The molecule has 19 heavy (non-hydrogen) atoms. The molecule has 2 nitrogen and oxygen atoms in total. The van der Waals surface area contributed by atoms with Crippen LogP contribution >= 0.6 is 0 Å². The number of benzene rings is 2. The van der Waals surface area contributed by atoms with Gasteiger partial charge in [-0.25, -0.2) is 0 Å². The molecule has 0 saturated heterocycles. The first-order chi connectivity index (χ1) is 9.27. The van der Waals surface area contributed by atoms with Crippen LogP contribution in [0.4, 0.5) is 0 Å². The highest BCUT2D eigenvalue weighted by Gasteiger charge is 1.99. The first-order valence-electron chi connectivity index (χ1n) is 6.77. The van der Waals surface area contributed by atoms with Crippen LogP contribution in [-0.2, 0) is 6.42 Å². The molecule has 2 aromatic rings. The molecule has 0 unspecified atom stereocenters. The lowest BCUT2D eigenvalue weighted by Crippen LogP contribution is -2.08. The molecule has 0 amide bonds. The molecule has 0 fully saturated rings. The van der Waals surface area contributed by atoms with Gasteiger partial charge >= 0.3 is 0 Å². The van der Waals surface area contributed by atoms with Crippen LogP contribution in [0.3, 0.4) is 0 Å². The number of hydrogen-bond donors (Lipinski definition) is 2. The SMILES string of the molecule is C[C@@H](CN)c1ccccc1.NCCc1ccccc1. The van der Waals surface area contributed by atoms with Crippen molar-refractivity contribution < 1.29 is 0 Å². The Kier molecular flexibility index (Phi) is 7.56. The highest BCUT2D eigenvalue weighted by Crippen LogP contribution is 2.11. The summed E-state index contributed by atoms with van der Waals surface area (Å²) >= 11 is 0. The Bertz CT molecular complexity index is 426. The molecule has 2 heteroatoms. The molecular formula is C17H24N2. The maximum atomic E-state index is 5.50. The second-order valence-corrected chi connectivity index (χ2v) is 4.57. The van der Waals surface area contributed by atoms with Gasteiger partial charge in [-0.15, -0.1) is 0 Å². The van der Waals surface area contributed by atoms with Crippen molar-refractivity contribution in [3.05, 3.63) is 71.8 Å². The molecule has 0 aliphatic carbocycles. The Balaban J connectivity index is 0.000000191. The van der Waals surface area contributed by atoms with Crippen LogP contribution < -0.4 is 11.5 Å². The fraction of sp³-hybridized carbons (Fsp3) is 0.294. The molecule has 0 aliphatic rings. The predicted molar refractivity (Wildman–Crippen MR) is 83.1 cm³/mol. The first kappa shape index (κ1) is 15.4. The highest BCUT2D eigenvalue weighted by atomic mass is 14.5. The van der Waals surface area contributed by atoms with Crippen LogP contribution in [0, 0.1) is 0 Å². The van der Waals surface area contributed by atoms with Gasteiger partial charge in [0, 0.05) is 0 Å². The Hall–Kier alpha value is -1.64. The summed E-state index contributed by atoms with van der Waals surface area (Å²) in [6.45, 7) is 3.60. The Morgan fingerprint density at radius 1 is 0.842 bits per heavy atom. The van der Waals surface area contributed by atoms with Crippen molar-refractivity contribution >= 4 is 0 Å². The van der Waals surface area contributed by atoms with Gasteiger partial charge < -0.3 is 11.5 Å². The summed E-state index contributed by atoms with van der Waals surface area (Å²) in [5.74, 6) is 0.487. The molecule has 0 bridgehead atoms. The molecule has 0 aliphatic heterocycles. The van der Waals surface area contributed by atoms with Crippen molar-refractivity contribution in [2.75, 3.05) is 13.1 Å². The van der Waals surface area contributed by atoms with E-state index < -0.39 is 0 Å². The van der Waals surface area contributed by atoms with Gasteiger partial charge in [0.2, 0.25) is 0 Å². The standard InChI is InChI=1S/C9H13N.C8H11N/c1-8(7-10)9-5-3-2-4-6-9;9-7-6-8-4-2-1-3-5-8/h2-6,8H,7,10H2,1H3;1-5H,6-7,9H2/t8-;/m0./s1. The van der Waals surface area contributed by atoms with Gasteiger partial charge in [-0.1, -0.05) is 67.6 Å². The zero-order valence-electron chi connectivity index (χ0n) is 11.6. The third-order valence-corrected chi connectivity index (χ3v) is 3.00. The van der Waals surface area contributed by atoms with Crippen molar-refractivity contribution in [1.29, 1.82) is 0 Å². The third-order valence-electron chi connectivity index (χ3n) is 3.00. The Labute approximate surface area is 116 Å². The minimum Gasteiger partial charge on any atom is -0.330 e. The number of rotatable bonds is 4. The minimum atomic E-state index is 0.487. The van der Waals surface area contributed by atoms with Crippen molar-refractivity contribution in [2.45, 2.75) is 19.3 Å². The maximum Gasteiger partial charge on any atom is -0.00109 e. The van der Waals surface area contributed by atoms with E-state index in [1.807, 2.05) is 36.4 Å². The van der Waals surface area contributed by atoms with Crippen LogP contribution in [0.2, 0.25) is 0 Å². The summed E-state index contributed by atoms with van der Waals surface area (Å²) in [5, 5.41) is 0. The average molecular weight is 256 g/mol. The van der Waals surface area contributed by atoms with Gasteiger partial charge in [-0.2, -0.15) is 0 Å². The summed E-state index contributed by atoms with van der Waals surface area (Å²) in [6, 6.07) is 20.6. The molecule has 2 aromatic carbocycles. The van der Waals surface area contributed by atoms with Crippen molar-refractivity contribution in [2.24, 2.45) is 11.5 Å². The fourth-order valence-corrected chi connectivity index (χ4v) is 1.73. The molecule has 4 N–H and O–H groups in total. The van der Waals surface area contributed by atoms with Crippen LogP contribution in [0.25, 0.3) is 0 Å². The minimum absolute atomic E-state index is 0.487. The molecule has 0 saturated carbocycles. The van der Waals surface area contributed by atoms with E-state index in [4.69, 9.17) is 11.5 Å². The molecule has 0 spiro atoms. The summed E-state index contributed by atoms with van der Waals surface area (Å²) in [7, 11) is 0. The smallest absolute Gasteiger partial charge is 0.00109 e. The van der Waals surface area contributed by atoms with Crippen LogP contribution in [-0.4, -0.2) is 13.1 Å². The molecular weight excluding hydrogens is 232 g/mol. The molecule has 0 radical (unpaired) electrons. The van der Waals surface area contributed by atoms with E-state index in [-0.39, 0.29) is 0 Å². The van der Waals surface area contributed by atoms with Gasteiger partial charge in [-0.05, 0) is 36.6 Å². The van der Waals surface area contributed by atoms with Gasteiger partial charge in [-0.3, -0.25) is 0 Å². The van der Waals surface area contributed by atoms with E-state index >= 15 is 0 Å². The first-order valence-corrected chi connectivity index (χ1v) is 6.77. The number of nitrogens with two attached hydrogens (primary N) is 2. The molecule has 102 valence electrons. The van der Waals surface area contributed by atoms with Crippen LogP contribution in [0.1, 0.15) is 24.0 Å². The van der Waals surface area contributed by atoms with Gasteiger partial charge in [0.05, 0.1) is 0 Å². The largest absolute Gasteiger partial charge is 0.330 e. The van der Waals surface area contributed by atoms with E-state index in [2.05, 4.69) is 31.2 Å². The molecule has 1 atom stereocenters. The average Bonchev–Trinajstić information content (AvgIpc) is 2.49. The van der Waals surface area contributed by atoms with Gasteiger partial charge in [0.15, 0.2) is 0 Å². The van der Waals surface area contributed by atoms with Gasteiger partial charge in [0.25, 0.3) is 0 Å². The molecule has 2 rings (SSSR count). The molecule has 0 heterocycles. The van der Waals surface area contributed by atoms with Crippen molar-refractivity contribution in [3.63, 3.8) is 0 Å². The molecule has 0 aromatic heterocycles. The van der Waals surface area contributed by atoms with Crippen LogP contribution in [0.15, 0.2) is 60.7 Å². The van der Waals surface area contributed by atoms with E-state index in [9.17, 15) is 0 Å². The second kappa shape index (κ2) is 9.31.